The highest BCUT2D eigenvalue weighted by Gasteiger charge is 2.28. The highest BCUT2D eigenvalue weighted by atomic mass is 16.5. The van der Waals surface area contributed by atoms with Crippen molar-refractivity contribution in [3.8, 4) is 5.75 Å². The topological polar surface area (TPSA) is 106 Å². The van der Waals surface area contributed by atoms with Crippen LogP contribution in [0.1, 0.15) is 46.1 Å². The quantitative estimate of drug-likeness (QED) is 0.493. The zero-order valence-corrected chi connectivity index (χ0v) is 19.2. The first-order valence-corrected chi connectivity index (χ1v) is 11.3. The van der Waals surface area contributed by atoms with Crippen molar-refractivity contribution < 1.29 is 9.53 Å². The number of carbonyl (C=O) groups excluding carboxylic acids is 1. The number of benzene rings is 2. The SMILES string of the molecule is COc1ccc(C(=O)N2CCC[C@H](c3nc4c(nnn4Cc4ccc(C)cc4)c(=O)[nH]3)C2)cc1. The van der Waals surface area contributed by atoms with Crippen molar-refractivity contribution in [1.82, 2.24) is 29.9 Å². The van der Waals surface area contributed by atoms with E-state index in [4.69, 9.17) is 9.72 Å². The second kappa shape index (κ2) is 9.09. The van der Waals surface area contributed by atoms with E-state index in [1.165, 1.54) is 5.56 Å². The smallest absolute Gasteiger partial charge is 0.281 e. The number of fused-ring (bicyclic) bond motifs is 1. The van der Waals surface area contributed by atoms with E-state index >= 15 is 0 Å². The minimum atomic E-state index is -0.311. The molecule has 2 aromatic carbocycles. The summed E-state index contributed by atoms with van der Waals surface area (Å²) in [5, 5.41) is 8.21. The van der Waals surface area contributed by atoms with Gasteiger partial charge in [0.25, 0.3) is 11.5 Å². The number of aromatic nitrogens is 5. The van der Waals surface area contributed by atoms with Crippen LogP contribution in [0.15, 0.2) is 53.3 Å². The van der Waals surface area contributed by atoms with Gasteiger partial charge in [0, 0.05) is 24.6 Å². The zero-order valence-electron chi connectivity index (χ0n) is 19.2. The number of aromatic amines is 1. The Bertz CT molecular complexity index is 1370. The molecule has 0 unspecified atom stereocenters. The largest absolute Gasteiger partial charge is 0.497 e. The third-order valence-corrected chi connectivity index (χ3v) is 6.28. The number of hydrogen-bond acceptors (Lipinski definition) is 6. The fourth-order valence-electron chi connectivity index (χ4n) is 4.35. The lowest BCUT2D eigenvalue weighted by molar-refractivity contribution is 0.0704. The van der Waals surface area contributed by atoms with Crippen LogP contribution >= 0.6 is 0 Å². The summed E-state index contributed by atoms with van der Waals surface area (Å²) in [6, 6.07) is 15.2. The highest BCUT2D eigenvalue weighted by molar-refractivity contribution is 5.94. The van der Waals surface area contributed by atoms with E-state index < -0.39 is 0 Å². The minimum Gasteiger partial charge on any atom is -0.497 e. The second-order valence-electron chi connectivity index (χ2n) is 8.67. The Labute approximate surface area is 196 Å². The Morgan fingerprint density at radius 1 is 1.15 bits per heavy atom. The van der Waals surface area contributed by atoms with Gasteiger partial charge in [0.05, 0.1) is 13.7 Å². The van der Waals surface area contributed by atoms with Crippen molar-refractivity contribution in [2.75, 3.05) is 20.2 Å². The average molecular weight is 459 g/mol. The molecule has 1 aliphatic heterocycles. The van der Waals surface area contributed by atoms with Crippen LogP contribution in [-0.4, -0.2) is 56.0 Å². The molecule has 0 aliphatic carbocycles. The Morgan fingerprint density at radius 3 is 2.65 bits per heavy atom. The van der Waals surface area contributed by atoms with Crippen LogP contribution in [0, 0.1) is 6.92 Å². The maximum Gasteiger partial charge on any atom is 0.281 e. The molecule has 34 heavy (non-hydrogen) atoms. The molecule has 1 atom stereocenters. The van der Waals surface area contributed by atoms with E-state index in [1.807, 2.05) is 36.1 Å². The van der Waals surface area contributed by atoms with Crippen molar-refractivity contribution in [2.24, 2.45) is 0 Å². The Morgan fingerprint density at radius 2 is 1.91 bits per heavy atom. The number of piperidine rings is 1. The van der Waals surface area contributed by atoms with Gasteiger partial charge in [-0.2, -0.15) is 0 Å². The maximum absolute atomic E-state index is 13.1. The van der Waals surface area contributed by atoms with Crippen LogP contribution in [0.4, 0.5) is 0 Å². The summed E-state index contributed by atoms with van der Waals surface area (Å²) in [6.45, 7) is 3.66. The molecule has 0 bridgehead atoms. The number of nitrogens with one attached hydrogen (secondary N) is 1. The van der Waals surface area contributed by atoms with E-state index in [-0.39, 0.29) is 22.9 Å². The molecule has 5 rings (SSSR count). The molecule has 2 aromatic heterocycles. The van der Waals surface area contributed by atoms with Gasteiger partial charge in [-0.25, -0.2) is 9.67 Å². The normalized spacial score (nSPS) is 16.1. The van der Waals surface area contributed by atoms with E-state index in [2.05, 4.69) is 15.3 Å². The van der Waals surface area contributed by atoms with Crippen LogP contribution in [0.5, 0.6) is 5.75 Å². The molecule has 1 N–H and O–H groups in total. The number of amides is 1. The number of likely N-dealkylation sites (tertiary alicyclic amines) is 1. The molecule has 1 amide bonds. The Balaban J connectivity index is 1.40. The molecular formula is C25H26N6O3. The summed E-state index contributed by atoms with van der Waals surface area (Å²) < 4.78 is 6.84. The van der Waals surface area contributed by atoms with Gasteiger partial charge in [0.1, 0.15) is 11.6 Å². The van der Waals surface area contributed by atoms with Crippen molar-refractivity contribution in [3.05, 3.63) is 81.4 Å². The van der Waals surface area contributed by atoms with E-state index in [1.54, 1.807) is 36.1 Å². The number of nitrogens with zero attached hydrogens (tertiary/aromatic N) is 5. The molecule has 0 spiro atoms. The summed E-state index contributed by atoms with van der Waals surface area (Å²) in [7, 11) is 1.60. The molecule has 9 nitrogen and oxygen atoms in total. The lowest BCUT2D eigenvalue weighted by atomic mass is 9.96. The molecule has 0 saturated carbocycles. The van der Waals surface area contributed by atoms with Gasteiger partial charge >= 0.3 is 0 Å². The van der Waals surface area contributed by atoms with Gasteiger partial charge in [-0.1, -0.05) is 35.0 Å². The van der Waals surface area contributed by atoms with Gasteiger partial charge in [-0.3, -0.25) is 9.59 Å². The molecule has 0 radical (unpaired) electrons. The van der Waals surface area contributed by atoms with Gasteiger partial charge in [-0.15, -0.1) is 5.10 Å². The number of H-pyrrole nitrogens is 1. The summed E-state index contributed by atoms with van der Waals surface area (Å²) in [5.41, 5.74) is 3.20. The van der Waals surface area contributed by atoms with Crippen LogP contribution in [0.3, 0.4) is 0 Å². The van der Waals surface area contributed by atoms with Gasteiger partial charge < -0.3 is 14.6 Å². The van der Waals surface area contributed by atoms with Gasteiger partial charge in [-0.05, 0) is 49.6 Å². The summed E-state index contributed by atoms with van der Waals surface area (Å²) in [6.07, 6.45) is 1.66. The predicted molar refractivity (Wildman–Crippen MR) is 127 cm³/mol. The number of hydrogen-bond donors (Lipinski definition) is 1. The first kappa shape index (κ1) is 21.8. The third kappa shape index (κ3) is 4.28. The molecule has 3 heterocycles. The summed E-state index contributed by atoms with van der Waals surface area (Å²) >= 11 is 0. The van der Waals surface area contributed by atoms with Gasteiger partial charge in [0.2, 0.25) is 0 Å². The Hall–Kier alpha value is -4.01. The lowest BCUT2D eigenvalue weighted by Crippen LogP contribution is -2.40. The second-order valence-corrected chi connectivity index (χ2v) is 8.67. The minimum absolute atomic E-state index is 0.0399. The maximum atomic E-state index is 13.1. The van der Waals surface area contributed by atoms with Crippen molar-refractivity contribution in [2.45, 2.75) is 32.2 Å². The molecule has 1 aliphatic rings. The van der Waals surface area contributed by atoms with Crippen LogP contribution < -0.4 is 10.3 Å². The molecular weight excluding hydrogens is 432 g/mol. The van der Waals surface area contributed by atoms with Gasteiger partial charge in [0.15, 0.2) is 11.2 Å². The predicted octanol–water partition coefficient (Wildman–Crippen LogP) is 2.90. The number of methoxy groups -OCH3 is 1. The number of carbonyl (C=O) groups is 1. The standard InChI is InChI=1S/C25H26N6O3/c1-16-5-7-17(8-6-16)14-31-23-21(28-29-31)24(32)27-22(26-23)19-4-3-13-30(15-19)25(33)18-9-11-20(34-2)12-10-18/h5-12,19H,3-4,13-15H2,1-2H3,(H,26,27,32)/t19-/m0/s1. The molecule has 9 heteroatoms. The van der Waals surface area contributed by atoms with E-state index in [9.17, 15) is 9.59 Å². The van der Waals surface area contributed by atoms with E-state index in [0.717, 1.165) is 18.4 Å². The fourth-order valence-corrected chi connectivity index (χ4v) is 4.35. The monoisotopic (exact) mass is 458 g/mol. The first-order valence-electron chi connectivity index (χ1n) is 11.3. The third-order valence-electron chi connectivity index (χ3n) is 6.28. The molecule has 4 aromatic rings. The molecule has 1 saturated heterocycles. The van der Waals surface area contributed by atoms with Crippen molar-refractivity contribution in [1.29, 1.82) is 0 Å². The summed E-state index contributed by atoms with van der Waals surface area (Å²) in [5.74, 6) is 1.16. The van der Waals surface area contributed by atoms with E-state index in [0.29, 0.717) is 42.4 Å². The van der Waals surface area contributed by atoms with Crippen molar-refractivity contribution >= 4 is 17.1 Å². The van der Waals surface area contributed by atoms with Crippen LogP contribution in [0.2, 0.25) is 0 Å². The fraction of sp³-hybridized carbons (Fsp3) is 0.320. The number of rotatable bonds is 5. The molecule has 174 valence electrons. The summed E-state index contributed by atoms with van der Waals surface area (Å²) in [4.78, 5) is 35.3. The number of ether oxygens (including phenoxy) is 1. The Kier molecular flexibility index (Phi) is 5.83. The average Bonchev–Trinajstić information content (AvgIpc) is 3.28. The highest BCUT2D eigenvalue weighted by Crippen LogP contribution is 2.26. The number of aryl methyl sites for hydroxylation is 1. The zero-order chi connectivity index (χ0) is 23.7. The van der Waals surface area contributed by atoms with Crippen LogP contribution in [0.25, 0.3) is 11.2 Å². The first-order chi connectivity index (χ1) is 16.5. The van der Waals surface area contributed by atoms with Crippen molar-refractivity contribution in [3.63, 3.8) is 0 Å². The lowest BCUT2D eigenvalue weighted by Gasteiger charge is -2.32. The van der Waals surface area contributed by atoms with Crippen LogP contribution in [-0.2, 0) is 6.54 Å². The molecule has 1 fully saturated rings.